The van der Waals surface area contributed by atoms with Crippen molar-refractivity contribution in [3.8, 4) is 0 Å². The van der Waals surface area contributed by atoms with Crippen LogP contribution in [0.3, 0.4) is 0 Å². The standard InChI is InChI=1S/C16H19NO/c1-12-11-16(17-7-9-18-10-8-17)15-6-4-3-5-14(15)13(12)2/h3-6,11H,7-10H2,1-2H3. The number of anilines is 1. The van der Waals surface area contributed by atoms with Gasteiger partial charge in [0.2, 0.25) is 0 Å². The van der Waals surface area contributed by atoms with Gasteiger partial charge >= 0.3 is 0 Å². The molecular weight excluding hydrogens is 222 g/mol. The number of hydrogen-bond donors (Lipinski definition) is 0. The van der Waals surface area contributed by atoms with Crippen LogP contribution >= 0.6 is 0 Å². The number of aryl methyl sites for hydroxylation is 2. The smallest absolute Gasteiger partial charge is 0.0642 e. The second-order valence-corrected chi connectivity index (χ2v) is 4.98. The van der Waals surface area contributed by atoms with Gasteiger partial charge in [-0.2, -0.15) is 0 Å². The Bertz CT molecular complexity index is 571. The molecule has 0 bridgehead atoms. The lowest BCUT2D eigenvalue weighted by atomic mass is 9.98. The quantitative estimate of drug-likeness (QED) is 0.759. The lowest BCUT2D eigenvalue weighted by Crippen LogP contribution is -2.36. The van der Waals surface area contributed by atoms with E-state index in [9.17, 15) is 0 Å². The van der Waals surface area contributed by atoms with E-state index < -0.39 is 0 Å². The Morgan fingerprint density at radius 3 is 2.39 bits per heavy atom. The second-order valence-electron chi connectivity index (χ2n) is 4.98. The molecule has 18 heavy (non-hydrogen) atoms. The minimum absolute atomic E-state index is 0.835. The second kappa shape index (κ2) is 4.62. The fourth-order valence-electron chi connectivity index (χ4n) is 2.70. The van der Waals surface area contributed by atoms with Crippen LogP contribution in [-0.2, 0) is 4.74 Å². The molecule has 0 amide bonds. The number of morpholine rings is 1. The molecular formula is C16H19NO. The van der Waals surface area contributed by atoms with E-state index in [1.807, 2.05) is 0 Å². The lowest BCUT2D eigenvalue weighted by Gasteiger charge is -2.30. The van der Waals surface area contributed by atoms with Crippen molar-refractivity contribution in [3.63, 3.8) is 0 Å². The Morgan fingerprint density at radius 2 is 1.67 bits per heavy atom. The first-order chi connectivity index (χ1) is 8.77. The van der Waals surface area contributed by atoms with Gasteiger partial charge in [-0.15, -0.1) is 0 Å². The molecule has 2 aromatic rings. The van der Waals surface area contributed by atoms with Crippen molar-refractivity contribution in [2.24, 2.45) is 0 Å². The van der Waals surface area contributed by atoms with Gasteiger partial charge in [0.05, 0.1) is 13.2 Å². The average Bonchev–Trinajstić information content (AvgIpc) is 2.44. The maximum atomic E-state index is 5.45. The predicted octanol–water partition coefficient (Wildman–Crippen LogP) is 3.29. The van der Waals surface area contributed by atoms with Gasteiger partial charge in [0, 0.05) is 24.2 Å². The highest BCUT2D eigenvalue weighted by Crippen LogP contribution is 2.32. The summed E-state index contributed by atoms with van der Waals surface area (Å²) in [5.74, 6) is 0. The molecule has 0 aliphatic carbocycles. The molecule has 2 aromatic carbocycles. The first-order valence-electron chi connectivity index (χ1n) is 6.59. The molecule has 1 heterocycles. The zero-order chi connectivity index (χ0) is 12.5. The third-order valence-electron chi connectivity index (χ3n) is 3.90. The molecule has 94 valence electrons. The van der Waals surface area contributed by atoms with Gasteiger partial charge in [-0.1, -0.05) is 24.3 Å². The van der Waals surface area contributed by atoms with Crippen LogP contribution in [0.2, 0.25) is 0 Å². The molecule has 0 unspecified atom stereocenters. The maximum Gasteiger partial charge on any atom is 0.0642 e. The zero-order valence-electron chi connectivity index (χ0n) is 11.1. The molecule has 0 radical (unpaired) electrons. The van der Waals surface area contributed by atoms with Gasteiger partial charge < -0.3 is 9.64 Å². The number of nitrogens with zero attached hydrogens (tertiary/aromatic N) is 1. The fraction of sp³-hybridized carbons (Fsp3) is 0.375. The molecule has 0 spiro atoms. The van der Waals surface area contributed by atoms with Crippen LogP contribution in [0.15, 0.2) is 30.3 Å². The van der Waals surface area contributed by atoms with E-state index in [0.717, 1.165) is 26.3 Å². The molecule has 2 nitrogen and oxygen atoms in total. The van der Waals surface area contributed by atoms with Crippen LogP contribution in [0, 0.1) is 13.8 Å². The van der Waals surface area contributed by atoms with E-state index in [0.29, 0.717) is 0 Å². The van der Waals surface area contributed by atoms with E-state index in [4.69, 9.17) is 4.74 Å². The fourth-order valence-corrected chi connectivity index (χ4v) is 2.70. The molecule has 0 aromatic heterocycles. The number of benzene rings is 2. The normalized spacial score (nSPS) is 16.2. The highest BCUT2D eigenvalue weighted by atomic mass is 16.5. The zero-order valence-corrected chi connectivity index (χ0v) is 11.1. The van der Waals surface area contributed by atoms with Crippen LogP contribution in [0.25, 0.3) is 10.8 Å². The molecule has 0 N–H and O–H groups in total. The Labute approximate surface area is 108 Å². The van der Waals surface area contributed by atoms with Crippen molar-refractivity contribution in [1.29, 1.82) is 0 Å². The van der Waals surface area contributed by atoms with E-state index in [1.54, 1.807) is 0 Å². The summed E-state index contributed by atoms with van der Waals surface area (Å²) in [6.07, 6.45) is 0. The largest absolute Gasteiger partial charge is 0.378 e. The van der Waals surface area contributed by atoms with E-state index >= 15 is 0 Å². The summed E-state index contributed by atoms with van der Waals surface area (Å²) in [6.45, 7) is 8.06. The van der Waals surface area contributed by atoms with E-state index in [2.05, 4.69) is 49.1 Å². The number of rotatable bonds is 1. The van der Waals surface area contributed by atoms with Crippen molar-refractivity contribution in [2.45, 2.75) is 13.8 Å². The van der Waals surface area contributed by atoms with Crippen molar-refractivity contribution in [2.75, 3.05) is 31.2 Å². The number of fused-ring (bicyclic) bond motifs is 1. The van der Waals surface area contributed by atoms with Crippen LogP contribution in [0.1, 0.15) is 11.1 Å². The van der Waals surface area contributed by atoms with Crippen molar-refractivity contribution >= 4 is 16.5 Å². The Balaban J connectivity index is 2.18. The molecule has 3 rings (SSSR count). The van der Waals surface area contributed by atoms with Crippen LogP contribution in [0.5, 0.6) is 0 Å². The van der Waals surface area contributed by atoms with Gasteiger partial charge in [0.1, 0.15) is 0 Å². The van der Waals surface area contributed by atoms with Crippen molar-refractivity contribution in [3.05, 3.63) is 41.5 Å². The molecule has 1 saturated heterocycles. The van der Waals surface area contributed by atoms with Crippen molar-refractivity contribution in [1.82, 2.24) is 0 Å². The van der Waals surface area contributed by atoms with Gasteiger partial charge in [-0.3, -0.25) is 0 Å². The summed E-state index contributed by atoms with van der Waals surface area (Å²) >= 11 is 0. The molecule has 0 saturated carbocycles. The summed E-state index contributed by atoms with van der Waals surface area (Å²) < 4.78 is 5.45. The minimum Gasteiger partial charge on any atom is -0.378 e. The Kier molecular flexibility index (Phi) is 2.96. The van der Waals surface area contributed by atoms with Gasteiger partial charge in [0.25, 0.3) is 0 Å². The van der Waals surface area contributed by atoms with Crippen LogP contribution in [-0.4, -0.2) is 26.3 Å². The highest BCUT2D eigenvalue weighted by Gasteiger charge is 2.15. The third-order valence-corrected chi connectivity index (χ3v) is 3.90. The molecule has 0 atom stereocenters. The van der Waals surface area contributed by atoms with Crippen LogP contribution in [0.4, 0.5) is 5.69 Å². The minimum atomic E-state index is 0.835. The Morgan fingerprint density at radius 1 is 1.00 bits per heavy atom. The summed E-state index contributed by atoms with van der Waals surface area (Å²) in [5, 5.41) is 2.74. The molecule has 1 aliphatic heterocycles. The average molecular weight is 241 g/mol. The Hall–Kier alpha value is -1.54. The lowest BCUT2D eigenvalue weighted by molar-refractivity contribution is 0.123. The highest BCUT2D eigenvalue weighted by molar-refractivity contribution is 5.97. The number of hydrogen-bond acceptors (Lipinski definition) is 2. The third kappa shape index (κ3) is 1.87. The first kappa shape index (κ1) is 11.5. The van der Waals surface area contributed by atoms with Gasteiger partial charge in [-0.25, -0.2) is 0 Å². The SMILES string of the molecule is Cc1cc(N2CCOCC2)c2ccccc2c1C. The summed E-state index contributed by atoms with van der Waals surface area (Å²) in [6, 6.07) is 11.0. The van der Waals surface area contributed by atoms with E-state index in [1.165, 1.54) is 27.6 Å². The maximum absolute atomic E-state index is 5.45. The predicted molar refractivity (Wildman–Crippen MR) is 76.5 cm³/mol. The summed E-state index contributed by atoms with van der Waals surface area (Å²) in [5.41, 5.74) is 4.12. The van der Waals surface area contributed by atoms with E-state index in [-0.39, 0.29) is 0 Å². The van der Waals surface area contributed by atoms with Gasteiger partial charge in [0.15, 0.2) is 0 Å². The van der Waals surface area contributed by atoms with Gasteiger partial charge in [-0.05, 0) is 36.4 Å². The molecule has 2 heteroatoms. The summed E-state index contributed by atoms with van der Waals surface area (Å²) in [7, 11) is 0. The van der Waals surface area contributed by atoms with Crippen LogP contribution < -0.4 is 4.90 Å². The molecule has 1 fully saturated rings. The topological polar surface area (TPSA) is 12.5 Å². The number of ether oxygens (including phenoxy) is 1. The molecule has 1 aliphatic rings. The monoisotopic (exact) mass is 241 g/mol. The first-order valence-corrected chi connectivity index (χ1v) is 6.59. The summed E-state index contributed by atoms with van der Waals surface area (Å²) in [4.78, 5) is 2.44. The van der Waals surface area contributed by atoms with Crippen molar-refractivity contribution < 1.29 is 4.74 Å².